The molecule has 0 radical (unpaired) electrons. The van der Waals surface area contributed by atoms with Gasteiger partial charge in [-0.3, -0.25) is 4.79 Å². The summed E-state index contributed by atoms with van der Waals surface area (Å²) in [7, 11) is 0. The van der Waals surface area contributed by atoms with Crippen LogP contribution in [0, 0.1) is 16.7 Å². The van der Waals surface area contributed by atoms with Gasteiger partial charge in [-0.2, -0.15) is 10.4 Å². The summed E-state index contributed by atoms with van der Waals surface area (Å²) in [5.41, 5.74) is 14.3. The van der Waals surface area contributed by atoms with Gasteiger partial charge in [0.2, 0.25) is 0 Å². The third-order valence-corrected chi connectivity index (χ3v) is 6.94. The molecule has 1 aliphatic carbocycles. The predicted molar refractivity (Wildman–Crippen MR) is 131 cm³/mol. The summed E-state index contributed by atoms with van der Waals surface area (Å²) in [5, 5.41) is 13.2. The minimum Gasteiger partial charge on any atom is -0.327 e. The van der Waals surface area contributed by atoms with E-state index in [1.165, 1.54) is 11.1 Å². The molecule has 0 amide bonds. The van der Waals surface area contributed by atoms with Crippen molar-refractivity contribution in [1.82, 2.24) is 5.43 Å². The topological polar surface area (TPSA) is 143 Å². The first-order valence-electron chi connectivity index (χ1n) is 11.3. The Morgan fingerprint density at radius 2 is 1.79 bits per heavy atom. The molecule has 33 heavy (non-hydrogen) atoms. The molecule has 174 valence electrons. The zero-order valence-corrected chi connectivity index (χ0v) is 19.9. The normalized spacial score (nSPS) is 19.0. The van der Waals surface area contributed by atoms with Gasteiger partial charge in [0.1, 0.15) is 6.07 Å². The van der Waals surface area contributed by atoms with Crippen molar-refractivity contribution in [2.45, 2.75) is 64.8 Å². The van der Waals surface area contributed by atoms with E-state index in [-0.39, 0.29) is 11.5 Å². The number of nitrogens with zero attached hydrogens (tertiary/aromatic N) is 2. The molecule has 7 heteroatoms. The van der Waals surface area contributed by atoms with Gasteiger partial charge in [0, 0.05) is 11.6 Å². The highest BCUT2D eigenvalue weighted by molar-refractivity contribution is 6.08. The van der Waals surface area contributed by atoms with Crippen molar-refractivity contribution in [3.63, 3.8) is 0 Å². The van der Waals surface area contributed by atoms with Gasteiger partial charge in [0.15, 0.2) is 5.84 Å². The highest BCUT2D eigenvalue weighted by Gasteiger charge is 2.46. The fourth-order valence-electron chi connectivity index (χ4n) is 4.81. The number of Topliss-reactive ketones (excluding diaryl/α,β-unsaturated/α-hetero) is 1. The number of hydrazine groups is 1. The van der Waals surface area contributed by atoms with Crippen LogP contribution in [0.4, 0.5) is 0 Å². The van der Waals surface area contributed by atoms with Crippen LogP contribution < -0.4 is 22.8 Å². The highest BCUT2D eigenvalue weighted by Crippen LogP contribution is 2.45. The molecule has 1 aliphatic rings. The molecule has 0 heterocycles. The zero-order valence-electron chi connectivity index (χ0n) is 19.9. The molecule has 2 atom stereocenters. The lowest BCUT2D eigenvalue weighted by molar-refractivity contribution is 0.105. The Morgan fingerprint density at radius 3 is 2.30 bits per heavy atom. The number of benzene rings is 2. The molecule has 0 saturated carbocycles. The third kappa shape index (κ3) is 4.37. The van der Waals surface area contributed by atoms with Crippen molar-refractivity contribution in [3.8, 4) is 6.07 Å². The summed E-state index contributed by atoms with van der Waals surface area (Å²) in [5.74, 6) is 11.8. The highest BCUT2D eigenvalue weighted by atomic mass is 16.1. The van der Waals surface area contributed by atoms with Crippen LogP contribution in [-0.4, -0.2) is 17.7 Å². The van der Waals surface area contributed by atoms with E-state index in [0.29, 0.717) is 24.2 Å². The number of hydrogen-bond acceptors (Lipinski definition) is 6. The third-order valence-electron chi connectivity index (χ3n) is 6.94. The number of amidine groups is 1. The van der Waals surface area contributed by atoms with E-state index in [9.17, 15) is 4.79 Å². The van der Waals surface area contributed by atoms with Gasteiger partial charge in [-0.1, -0.05) is 52.0 Å². The van der Waals surface area contributed by atoms with Crippen molar-refractivity contribution in [1.29, 1.82) is 5.26 Å². The van der Waals surface area contributed by atoms with Gasteiger partial charge < -0.3 is 17.0 Å². The zero-order chi connectivity index (χ0) is 24.4. The molecule has 0 aromatic heterocycles. The van der Waals surface area contributed by atoms with Gasteiger partial charge >= 0.3 is 0 Å². The van der Waals surface area contributed by atoms with Crippen molar-refractivity contribution >= 4 is 11.6 Å². The largest absolute Gasteiger partial charge is 0.327 e. The van der Waals surface area contributed by atoms with Crippen LogP contribution in [0.5, 0.6) is 0 Å². The number of nitriles is 1. The molecule has 7 N–H and O–H groups in total. The Labute approximate surface area is 196 Å². The monoisotopic (exact) mass is 446 g/mol. The van der Waals surface area contributed by atoms with E-state index in [2.05, 4.69) is 56.4 Å². The summed E-state index contributed by atoms with van der Waals surface area (Å²) in [6.07, 6.45) is 2.91. The van der Waals surface area contributed by atoms with E-state index in [4.69, 9.17) is 22.7 Å². The summed E-state index contributed by atoms with van der Waals surface area (Å²) >= 11 is 0. The maximum Gasteiger partial charge on any atom is 0.262 e. The Morgan fingerprint density at radius 1 is 1.18 bits per heavy atom. The van der Waals surface area contributed by atoms with E-state index in [1.807, 2.05) is 12.1 Å². The first-order chi connectivity index (χ1) is 15.6. The minimum absolute atomic E-state index is 0.186. The molecule has 2 aromatic carbocycles. The van der Waals surface area contributed by atoms with Crippen LogP contribution in [-0.2, 0) is 24.7 Å². The molecule has 3 rings (SSSR count). The predicted octanol–water partition coefficient (Wildman–Crippen LogP) is 2.84. The summed E-state index contributed by atoms with van der Waals surface area (Å²) in [6.45, 7) is 8.44. The van der Waals surface area contributed by atoms with Gasteiger partial charge in [-0.25, -0.2) is 5.84 Å². The second-order valence-corrected chi connectivity index (χ2v) is 9.86. The summed E-state index contributed by atoms with van der Waals surface area (Å²) in [6, 6.07) is 13.4. The molecule has 0 spiro atoms. The SMILES string of the molecule is CCc1ccc2c(c1)CCc1cc(C(=O)C#N)ccc1C2(CC(N)C(C)(C)C)/C(=N/N)NN. The standard InChI is InChI=1S/C26H34N6O/c1-5-16-6-10-20-17(12-16)7-8-18-13-19(22(33)15-27)9-11-21(18)26(20,24(31-29)32-30)14-23(28)25(2,3)4/h6,9-13,23H,5,7-8,14,28-30H2,1-4H3,(H,31,32). The second kappa shape index (κ2) is 9.34. The summed E-state index contributed by atoms with van der Waals surface area (Å²) < 4.78 is 0. The number of aryl methyl sites for hydroxylation is 3. The van der Waals surface area contributed by atoms with E-state index in [0.717, 1.165) is 29.5 Å². The molecule has 2 aromatic rings. The van der Waals surface area contributed by atoms with Crippen molar-refractivity contribution < 1.29 is 4.79 Å². The number of ketones is 1. The van der Waals surface area contributed by atoms with Crippen molar-refractivity contribution in [2.75, 3.05) is 0 Å². The number of nitrogens with one attached hydrogen (secondary N) is 1. The number of fused-ring (bicyclic) bond motifs is 2. The first-order valence-corrected chi connectivity index (χ1v) is 11.3. The lowest BCUT2D eigenvalue weighted by atomic mass is 9.64. The van der Waals surface area contributed by atoms with Gasteiger partial charge in [0.05, 0.1) is 5.41 Å². The lowest BCUT2D eigenvalue weighted by Crippen LogP contribution is -2.53. The van der Waals surface area contributed by atoms with Crippen molar-refractivity contribution in [3.05, 3.63) is 69.8 Å². The van der Waals surface area contributed by atoms with Crippen LogP contribution in [0.25, 0.3) is 0 Å². The van der Waals surface area contributed by atoms with Crippen LogP contribution in [0.15, 0.2) is 41.5 Å². The number of hydrogen-bond donors (Lipinski definition) is 4. The molecule has 2 unspecified atom stereocenters. The Bertz CT molecular complexity index is 1120. The molecular weight excluding hydrogens is 412 g/mol. The second-order valence-electron chi connectivity index (χ2n) is 9.86. The Hall–Kier alpha value is -3.21. The quantitative estimate of drug-likeness (QED) is 0.139. The number of carbonyl (C=O) groups excluding carboxylic acids is 1. The maximum atomic E-state index is 12.1. The van der Waals surface area contributed by atoms with Crippen LogP contribution in [0.1, 0.15) is 72.3 Å². The van der Waals surface area contributed by atoms with Crippen LogP contribution in [0.2, 0.25) is 0 Å². The Balaban J connectivity index is 2.41. The van der Waals surface area contributed by atoms with Gasteiger partial charge in [0.25, 0.3) is 5.78 Å². The lowest BCUT2D eigenvalue weighted by Gasteiger charge is -2.41. The molecule has 0 fully saturated rings. The van der Waals surface area contributed by atoms with E-state index >= 15 is 0 Å². The van der Waals surface area contributed by atoms with Crippen LogP contribution in [0.3, 0.4) is 0 Å². The molecular formula is C26H34N6O. The van der Waals surface area contributed by atoms with Crippen molar-refractivity contribution in [2.24, 2.45) is 27.9 Å². The average Bonchev–Trinajstić information content (AvgIpc) is 2.93. The fraction of sp³-hybridized carbons (Fsp3) is 0.423. The molecule has 0 saturated heterocycles. The smallest absolute Gasteiger partial charge is 0.262 e. The minimum atomic E-state index is -0.835. The number of nitrogens with two attached hydrogens (primary N) is 3. The Kier molecular flexibility index (Phi) is 6.92. The molecule has 0 aliphatic heterocycles. The maximum absolute atomic E-state index is 12.1. The average molecular weight is 447 g/mol. The van der Waals surface area contributed by atoms with E-state index < -0.39 is 11.2 Å². The number of carbonyl (C=O) groups is 1. The van der Waals surface area contributed by atoms with Gasteiger partial charge in [-0.05, 0) is 71.0 Å². The van der Waals surface area contributed by atoms with Crippen LogP contribution >= 0.6 is 0 Å². The fourth-order valence-corrected chi connectivity index (χ4v) is 4.81. The van der Waals surface area contributed by atoms with E-state index in [1.54, 1.807) is 12.1 Å². The molecule has 0 bridgehead atoms. The first kappa shape index (κ1) is 24.4. The van der Waals surface area contributed by atoms with Gasteiger partial charge in [-0.15, -0.1) is 0 Å². The number of hydrazone groups is 1. The summed E-state index contributed by atoms with van der Waals surface area (Å²) in [4.78, 5) is 12.1. The number of rotatable bonds is 5. The molecule has 7 nitrogen and oxygen atoms in total.